The van der Waals surface area contributed by atoms with Crippen molar-refractivity contribution in [1.82, 2.24) is 0 Å². The van der Waals surface area contributed by atoms with Crippen LogP contribution in [0.2, 0.25) is 0 Å². The largest absolute Gasteiger partial charge is 0.462 e. The second-order valence-corrected chi connectivity index (χ2v) is 8.00. The van der Waals surface area contributed by atoms with Crippen LogP contribution < -0.4 is 9.62 Å². The molecule has 2 aromatic carbocycles. The van der Waals surface area contributed by atoms with Crippen molar-refractivity contribution in [1.29, 1.82) is 0 Å². The van der Waals surface area contributed by atoms with E-state index < -0.39 is 16.0 Å². The lowest BCUT2D eigenvalue weighted by Crippen LogP contribution is -2.26. The van der Waals surface area contributed by atoms with Gasteiger partial charge in [-0.25, -0.2) is 13.2 Å². The van der Waals surface area contributed by atoms with Crippen molar-refractivity contribution >= 4 is 33.3 Å². The second-order valence-electron chi connectivity index (χ2n) is 5.98. The third-order valence-electron chi connectivity index (χ3n) is 3.96. The number of nitrogens with one attached hydrogen (secondary N) is 1. The zero-order valence-corrected chi connectivity index (χ0v) is 16.5. The van der Waals surface area contributed by atoms with Gasteiger partial charge < -0.3 is 10.1 Å². The average Bonchev–Trinajstić information content (AvgIpc) is 2.61. The maximum atomic E-state index is 12.5. The minimum atomic E-state index is -3.44. The molecule has 0 aliphatic carbocycles. The van der Waals surface area contributed by atoms with E-state index in [4.69, 9.17) is 4.74 Å². The van der Waals surface area contributed by atoms with Crippen molar-refractivity contribution in [3.05, 3.63) is 59.2 Å². The highest BCUT2D eigenvalue weighted by Crippen LogP contribution is 2.23. The van der Waals surface area contributed by atoms with E-state index in [0.717, 1.165) is 16.1 Å². The Morgan fingerprint density at radius 3 is 2.22 bits per heavy atom. The fourth-order valence-corrected chi connectivity index (χ4v) is 2.93. The highest BCUT2D eigenvalue weighted by Gasteiger charge is 2.17. The van der Waals surface area contributed by atoms with Gasteiger partial charge in [0.1, 0.15) is 0 Å². The highest BCUT2D eigenvalue weighted by molar-refractivity contribution is 7.92. The number of rotatable bonds is 6. The number of benzene rings is 2. The average molecular weight is 390 g/mol. The Morgan fingerprint density at radius 1 is 1.07 bits per heavy atom. The molecular formula is C19H22N2O5S. The third kappa shape index (κ3) is 5.07. The summed E-state index contributed by atoms with van der Waals surface area (Å²) in [6.45, 7) is 3.78. The molecule has 1 N–H and O–H groups in total. The molecule has 0 unspecified atom stereocenters. The van der Waals surface area contributed by atoms with E-state index in [2.05, 4.69) is 5.32 Å². The van der Waals surface area contributed by atoms with Crippen LogP contribution in [-0.4, -0.2) is 40.2 Å². The van der Waals surface area contributed by atoms with Gasteiger partial charge in [0.25, 0.3) is 5.91 Å². The van der Waals surface area contributed by atoms with Crippen LogP contribution >= 0.6 is 0 Å². The molecule has 0 aromatic heterocycles. The summed E-state index contributed by atoms with van der Waals surface area (Å²) in [6, 6.07) is 11.2. The van der Waals surface area contributed by atoms with E-state index in [9.17, 15) is 18.0 Å². The Balaban J connectivity index is 2.20. The van der Waals surface area contributed by atoms with Crippen LogP contribution in [0.1, 0.15) is 33.2 Å². The number of carbonyl (C=O) groups is 2. The summed E-state index contributed by atoms with van der Waals surface area (Å²) in [6.07, 6.45) is 1.10. The Bertz CT molecular complexity index is 953. The molecule has 0 saturated heterocycles. The van der Waals surface area contributed by atoms with Gasteiger partial charge in [-0.1, -0.05) is 6.07 Å². The highest BCUT2D eigenvalue weighted by atomic mass is 32.2. The molecular weight excluding hydrogens is 368 g/mol. The van der Waals surface area contributed by atoms with Crippen molar-refractivity contribution < 1.29 is 22.7 Å². The number of aryl methyl sites for hydroxylation is 1. The Morgan fingerprint density at radius 2 is 1.67 bits per heavy atom. The number of nitrogens with zero attached hydrogens (tertiary/aromatic N) is 1. The van der Waals surface area contributed by atoms with Crippen LogP contribution in [0.15, 0.2) is 42.5 Å². The first-order valence-corrected chi connectivity index (χ1v) is 10.1. The normalized spacial score (nSPS) is 11.0. The molecule has 27 heavy (non-hydrogen) atoms. The fraction of sp³-hybridized carbons (Fsp3) is 0.263. The molecule has 7 nitrogen and oxygen atoms in total. The van der Waals surface area contributed by atoms with E-state index in [-0.39, 0.29) is 12.5 Å². The lowest BCUT2D eigenvalue weighted by molar-refractivity contribution is 0.0526. The summed E-state index contributed by atoms with van der Waals surface area (Å²) in [5.41, 5.74) is 2.38. The first-order valence-electron chi connectivity index (χ1n) is 8.26. The van der Waals surface area contributed by atoms with Gasteiger partial charge in [-0.2, -0.15) is 0 Å². The van der Waals surface area contributed by atoms with Crippen molar-refractivity contribution in [2.45, 2.75) is 13.8 Å². The molecule has 0 fully saturated rings. The van der Waals surface area contributed by atoms with Crippen LogP contribution in [0.5, 0.6) is 0 Å². The SMILES string of the molecule is CCOC(=O)c1ccc(NC(=O)c2ccc(C)c(N(C)S(C)(=O)=O)c2)cc1. The Labute approximate surface area is 159 Å². The number of anilines is 2. The number of carbonyl (C=O) groups excluding carboxylic acids is 2. The van der Waals surface area contributed by atoms with Crippen LogP contribution in [-0.2, 0) is 14.8 Å². The molecule has 0 bridgehead atoms. The molecule has 0 aliphatic rings. The molecule has 1 amide bonds. The molecule has 8 heteroatoms. The number of amides is 1. The number of esters is 1. The van der Waals surface area contributed by atoms with E-state index in [1.54, 1.807) is 50.2 Å². The zero-order chi connectivity index (χ0) is 20.2. The quantitative estimate of drug-likeness (QED) is 0.766. The van der Waals surface area contributed by atoms with E-state index in [0.29, 0.717) is 22.5 Å². The van der Waals surface area contributed by atoms with Gasteiger partial charge in [-0.05, 0) is 55.8 Å². The minimum absolute atomic E-state index is 0.287. The van der Waals surface area contributed by atoms with Gasteiger partial charge in [0, 0.05) is 18.3 Å². The second kappa shape index (κ2) is 8.22. The Kier molecular flexibility index (Phi) is 6.22. The van der Waals surface area contributed by atoms with Crippen LogP contribution in [0.25, 0.3) is 0 Å². The predicted octanol–water partition coefficient (Wildman–Crippen LogP) is 2.82. The molecule has 0 spiro atoms. The molecule has 0 saturated carbocycles. The zero-order valence-electron chi connectivity index (χ0n) is 15.6. The van der Waals surface area contributed by atoms with Crippen molar-refractivity contribution in [2.24, 2.45) is 0 Å². The van der Waals surface area contributed by atoms with Gasteiger partial charge in [0.15, 0.2) is 0 Å². The fourth-order valence-electron chi connectivity index (χ4n) is 2.38. The lowest BCUT2D eigenvalue weighted by Gasteiger charge is -2.19. The maximum absolute atomic E-state index is 12.5. The standard InChI is InChI=1S/C19H22N2O5S/c1-5-26-19(23)14-8-10-16(11-9-14)20-18(22)15-7-6-13(2)17(12-15)21(3)27(4,24)25/h6-12H,5H2,1-4H3,(H,20,22). The third-order valence-corrected chi connectivity index (χ3v) is 5.15. The first kappa shape index (κ1) is 20.4. The number of sulfonamides is 1. The van der Waals surface area contributed by atoms with E-state index in [1.165, 1.54) is 13.1 Å². The molecule has 0 heterocycles. The summed E-state index contributed by atoms with van der Waals surface area (Å²) in [7, 11) is -2.00. The van der Waals surface area contributed by atoms with Gasteiger partial charge in [0.2, 0.25) is 10.0 Å². The number of hydrogen-bond acceptors (Lipinski definition) is 5. The number of ether oxygens (including phenoxy) is 1. The van der Waals surface area contributed by atoms with Crippen LogP contribution in [0, 0.1) is 6.92 Å². The maximum Gasteiger partial charge on any atom is 0.338 e. The molecule has 0 radical (unpaired) electrons. The summed E-state index contributed by atoms with van der Waals surface area (Å²) >= 11 is 0. The minimum Gasteiger partial charge on any atom is -0.462 e. The smallest absolute Gasteiger partial charge is 0.338 e. The van der Waals surface area contributed by atoms with Gasteiger partial charge >= 0.3 is 5.97 Å². The van der Waals surface area contributed by atoms with Crippen molar-refractivity contribution in [2.75, 3.05) is 29.5 Å². The van der Waals surface area contributed by atoms with Gasteiger partial charge in [0.05, 0.1) is 24.1 Å². The first-order chi connectivity index (χ1) is 12.6. The summed E-state index contributed by atoms with van der Waals surface area (Å²) < 4.78 is 29.6. The lowest BCUT2D eigenvalue weighted by atomic mass is 10.1. The summed E-state index contributed by atoms with van der Waals surface area (Å²) in [5.74, 6) is -0.815. The predicted molar refractivity (Wildman–Crippen MR) is 105 cm³/mol. The molecule has 2 rings (SSSR count). The topological polar surface area (TPSA) is 92.8 Å². The molecule has 2 aromatic rings. The van der Waals surface area contributed by atoms with Crippen LogP contribution in [0.4, 0.5) is 11.4 Å². The summed E-state index contributed by atoms with van der Waals surface area (Å²) in [5, 5.41) is 2.72. The number of hydrogen-bond donors (Lipinski definition) is 1. The van der Waals surface area contributed by atoms with E-state index >= 15 is 0 Å². The van der Waals surface area contributed by atoms with E-state index in [1.807, 2.05) is 0 Å². The molecule has 0 aliphatic heterocycles. The monoisotopic (exact) mass is 390 g/mol. The van der Waals surface area contributed by atoms with Gasteiger partial charge in [-0.15, -0.1) is 0 Å². The molecule has 144 valence electrons. The summed E-state index contributed by atoms with van der Waals surface area (Å²) in [4.78, 5) is 24.2. The van der Waals surface area contributed by atoms with Crippen molar-refractivity contribution in [3.63, 3.8) is 0 Å². The van der Waals surface area contributed by atoms with Crippen LogP contribution in [0.3, 0.4) is 0 Å². The Hall–Kier alpha value is -2.87. The van der Waals surface area contributed by atoms with Gasteiger partial charge in [-0.3, -0.25) is 9.10 Å². The molecule has 0 atom stereocenters. The van der Waals surface area contributed by atoms with Crippen molar-refractivity contribution in [3.8, 4) is 0 Å².